The number of hydrogen-bond donors (Lipinski definition) is 0. The molecule has 0 amide bonds. The lowest BCUT2D eigenvalue weighted by atomic mass is 10.1. The highest BCUT2D eigenvalue weighted by Crippen LogP contribution is 2.26. The Balaban J connectivity index is 3.46. The first-order chi connectivity index (χ1) is 7.29. The fraction of sp³-hybridized carbons (Fsp3) is 0.111. The van der Waals surface area contributed by atoms with Crippen LogP contribution in [0.1, 0.15) is 15.9 Å². The first-order valence-corrected chi connectivity index (χ1v) is 3.78. The van der Waals surface area contributed by atoms with Crippen molar-refractivity contribution in [2.24, 2.45) is 0 Å². The van der Waals surface area contributed by atoms with Crippen LogP contribution in [0.3, 0.4) is 0 Å². The van der Waals surface area contributed by atoms with Gasteiger partial charge in [-0.3, -0.25) is 4.79 Å². The molecular formula is C9H2F5NO. The Bertz CT molecular complexity index is 486. The Morgan fingerprint density at radius 2 is 1.81 bits per heavy atom. The van der Waals surface area contributed by atoms with Crippen molar-refractivity contribution in [1.82, 2.24) is 0 Å². The van der Waals surface area contributed by atoms with Crippen LogP contribution >= 0.6 is 0 Å². The number of nitrogens with zero attached hydrogens (tertiary/aromatic N) is 1. The molecule has 1 aromatic rings. The van der Waals surface area contributed by atoms with Gasteiger partial charge in [0.15, 0.2) is 5.82 Å². The summed E-state index contributed by atoms with van der Waals surface area (Å²) in [4.78, 5) is 10.7. The normalized spacial score (nSPS) is 11.0. The summed E-state index contributed by atoms with van der Waals surface area (Å²) < 4.78 is 61.9. The number of nitriles is 1. The van der Waals surface area contributed by atoms with Gasteiger partial charge in [0.2, 0.25) is 0 Å². The summed E-state index contributed by atoms with van der Waals surface area (Å²) in [6, 6.07) is 2.29. The Morgan fingerprint density at radius 3 is 2.25 bits per heavy atom. The molecule has 0 aliphatic rings. The Hall–Kier alpha value is -1.97. The molecule has 0 aliphatic carbocycles. The summed E-state index contributed by atoms with van der Waals surface area (Å²) in [6.07, 6.45) is -5.39. The fourth-order valence-corrected chi connectivity index (χ4v) is 0.989. The predicted octanol–water partition coefficient (Wildman–Crippen LogP) is 2.58. The minimum absolute atomic E-state index is 0.431. The highest BCUT2D eigenvalue weighted by Gasteiger charge is 2.42. The van der Waals surface area contributed by atoms with Gasteiger partial charge in [0.05, 0.1) is 11.1 Å². The number of rotatable bonds is 1. The second-order valence-electron chi connectivity index (χ2n) is 2.72. The molecule has 1 rings (SSSR count). The number of benzene rings is 1. The molecule has 0 aromatic heterocycles. The van der Waals surface area contributed by atoms with E-state index in [9.17, 15) is 26.7 Å². The van der Waals surface area contributed by atoms with Crippen LogP contribution in [-0.4, -0.2) is 12.0 Å². The molecule has 0 N–H and O–H groups in total. The van der Waals surface area contributed by atoms with Crippen LogP contribution in [-0.2, 0) is 0 Å². The zero-order chi connectivity index (χ0) is 12.5. The van der Waals surface area contributed by atoms with Crippen LogP contribution < -0.4 is 0 Å². The van der Waals surface area contributed by atoms with Gasteiger partial charge in [-0.25, -0.2) is 8.78 Å². The van der Waals surface area contributed by atoms with Crippen molar-refractivity contribution in [2.75, 3.05) is 0 Å². The lowest BCUT2D eigenvalue weighted by Crippen LogP contribution is -2.25. The molecule has 0 atom stereocenters. The highest BCUT2D eigenvalue weighted by atomic mass is 19.4. The van der Waals surface area contributed by atoms with Crippen molar-refractivity contribution in [3.8, 4) is 6.07 Å². The molecule has 0 unspecified atom stereocenters. The summed E-state index contributed by atoms with van der Waals surface area (Å²) in [7, 11) is 0. The second-order valence-corrected chi connectivity index (χ2v) is 2.72. The third-order valence-corrected chi connectivity index (χ3v) is 1.70. The minimum Gasteiger partial charge on any atom is -0.284 e. The molecule has 7 heteroatoms. The molecule has 0 fully saturated rings. The molecule has 0 bridgehead atoms. The third-order valence-electron chi connectivity index (χ3n) is 1.70. The smallest absolute Gasteiger partial charge is 0.284 e. The fourth-order valence-electron chi connectivity index (χ4n) is 0.989. The van der Waals surface area contributed by atoms with E-state index in [0.717, 1.165) is 0 Å². The summed E-state index contributed by atoms with van der Waals surface area (Å²) >= 11 is 0. The molecule has 0 radical (unpaired) electrons. The Labute approximate surface area is 85.9 Å². The molecule has 1 aromatic carbocycles. The molecule has 2 nitrogen and oxygen atoms in total. The quantitative estimate of drug-likeness (QED) is 0.554. The lowest BCUT2D eigenvalue weighted by molar-refractivity contribution is -0.0890. The second kappa shape index (κ2) is 3.89. The summed E-state index contributed by atoms with van der Waals surface area (Å²) in [5.41, 5.74) is -2.58. The zero-order valence-corrected chi connectivity index (χ0v) is 7.40. The topological polar surface area (TPSA) is 40.9 Å². The van der Waals surface area contributed by atoms with Crippen LogP contribution in [0.25, 0.3) is 0 Å². The van der Waals surface area contributed by atoms with E-state index in [-0.39, 0.29) is 0 Å². The van der Waals surface area contributed by atoms with Gasteiger partial charge in [-0.2, -0.15) is 18.4 Å². The van der Waals surface area contributed by atoms with Gasteiger partial charge in [-0.15, -0.1) is 0 Å². The number of halogens is 5. The van der Waals surface area contributed by atoms with E-state index >= 15 is 0 Å². The average Bonchev–Trinajstić information content (AvgIpc) is 2.16. The Kier molecular flexibility index (Phi) is 2.94. The van der Waals surface area contributed by atoms with Gasteiger partial charge >= 0.3 is 6.18 Å². The summed E-state index contributed by atoms with van der Waals surface area (Å²) in [5.74, 6) is -6.11. The third kappa shape index (κ3) is 2.00. The summed E-state index contributed by atoms with van der Waals surface area (Å²) in [5, 5.41) is 8.31. The van der Waals surface area contributed by atoms with E-state index in [4.69, 9.17) is 5.26 Å². The monoisotopic (exact) mass is 235 g/mol. The maximum Gasteiger partial charge on any atom is 0.455 e. The van der Waals surface area contributed by atoms with Crippen LogP contribution in [0.2, 0.25) is 0 Å². The van der Waals surface area contributed by atoms with Crippen molar-refractivity contribution in [1.29, 1.82) is 5.26 Å². The van der Waals surface area contributed by atoms with Gasteiger partial charge in [0.1, 0.15) is 11.9 Å². The number of carbonyl (C=O) groups is 1. The van der Waals surface area contributed by atoms with Gasteiger partial charge in [0, 0.05) is 0 Å². The van der Waals surface area contributed by atoms with Gasteiger partial charge in [-0.05, 0) is 12.1 Å². The molecule has 0 saturated heterocycles. The Morgan fingerprint density at radius 1 is 1.25 bits per heavy atom. The van der Waals surface area contributed by atoms with Gasteiger partial charge in [-0.1, -0.05) is 0 Å². The van der Waals surface area contributed by atoms with E-state index in [1.807, 2.05) is 0 Å². The largest absolute Gasteiger partial charge is 0.455 e. The minimum atomic E-state index is -5.39. The average molecular weight is 235 g/mol. The molecule has 0 heterocycles. The van der Waals surface area contributed by atoms with E-state index in [1.165, 1.54) is 6.07 Å². The molecule has 0 aliphatic heterocycles. The highest BCUT2D eigenvalue weighted by molar-refractivity contribution is 6.01. The maximum absolute atomic E-state index is 13.1. The van der Waals surface area contributed by atoms with E-state index in [1.54, 1.807) is 0 Å². The maximum atomic E-state index is 13.1. The van der Waals surface area contributed by atoms with E-state index in [0.29, 0.717) is 12.1 Å². The van der Waals surface area contributed by atoms with Crippen molar-refractivity contribution in [2.45, 2.75) is 6.18 Å². The molecule has 84 valence electrons. The lowest BCUT2D eigenvalue weighted by Gasteiger charge is -2.07. The SMILES string of the molecule is N#Cc1ccc(F)c(C(=O)C(F)(F)F)c1F. The number of Topliss-reactive ketones (excluding diaryl/α,β-unsaturated/α-hetero) is 1. The number of carbonyl (C=O) groups excluding carboxylic acids is 1. The van der Waals surface area contributed by atoms with Crippen molar-refractivity contribution < 1.29 is 26.7 Å². The predicted molar refractivity (Wildman–Crippen MR) is 41.5 cm³/mol. The first-order valence-electron chi connectivity index (χ1n) is 3.78. The molecular weight excluding hydrogens is 233 g/mol. The van der Waals surface area contributed by atoms with Crippen molar-refractivity contribution >= 4 is 5.78 Å². The van der Waals surface area contributed by atoms with E-state index < -0.39 is 34.7 Å². The van der Waals surface area contributed by atoms with Crippen LogP contribution in [0.4, 0.5) is 22.0 Å². The molecule has 0 saturated carbocycles. The van der Waals surface area contributed by atoms with Gasteiger partial charge in [0.25, 0.3) is 5.78 Å². The number of alkyl halides is 3. The first kappa shape index (κ1) is 12.1. The van der Waals surface area contributed by atoms with Gasteiger partial charge < -0.3 is 0 Å². The van der Waals surface area contributed by atoms with Crippen LogP contribution in [0, 0.1) is 23.0 Å². The van der Waals surface area contributed by atoms with Crippen molar-refractivity contribution in [3.05, 3.63) is 34.9 Å². The van der Waals surface area contributed by atoms with Crippen LogP contribution in [0.15, 0.2) is 12.1 Å². The van der Waals surface area contributed by atoms with E-state index in [2.05, 4.69) is 0 Å². The standard InChI is InChI=1S/C9H2F5NO/c10-5-2-1-4(3-15)7(11)6(5)8(16)9(12,13)14/h1-2H. The van der Waals surface area contributed by atoms with Crippen molar-refractivity contribution in [3.63, 3.8) is 0 Å². The molecule has 16 heavy (non-hydrogen) atoms. The zero-order valence-electron chi connectivity index (χ0n) is 7.40. The number of hydrogen-bond acceptors (Lipinski definition) is 2. The number of ketones is 1. The molecule has 0 spiro atoms. The van der Waals surface area contributed by atoms with Crippen LogP contribution in [0.5, 0.6) is 0 Å². The summed E-state index contributed by atoms with van der Waals surface area (Å²) in [6.45, 7) is 0.